The van der Waals surface area contributed by atoms with Gasteiger partial charge in [0.25, 0.3) is 5.91 Å². The van der Waals surface area contributed by atoms with Crippen LogP contribution in [0.5, 0.6) is 5.75 Å². The summed E-state index contributed by atoms with van der Waals surface area (Å²) in [5, 5.41) is 5.53. The lowest BCUT2D eigenvalue weighted by molar-refractivity contribution is -0.118. The molecule has 1 amide bonds. The molecule has 0 bridgehead atoms. The van der Waals surface area contributed by atoms with Crippen LogP contribution in [0.25, 0.3) is 11.0 Å². The normalized spacial score (nSPS) is 11.2. The molecule has 0 saturated carbocycles. The van der Waals surface area contributed by atoms with Crippen molar-refractivity contribution in [1.29, 1.82) is 0 Å². The van der Waals surface area contributed by atoms with Crippen molar-refractivity contribution in [1.82, 2.24) is 15.0 Å². The Kier molecular flexibility index (Phi) is 7.65. The number of halogens is 1. The zero-order valence-corrected chi connectivity index (χ0v) is 19.6. The Morgan fingerprint density at radius 2 is 1.88 bits per heavy atom. The maximum atomic E-state index is 12.4. The summed E-state index contributed by atoms with van der Waals surface area (Å²) in [6.45, 7) is 3.05. The van der Waals surface area contributed by atoms with Crippen molar-refractivity contribution in [3.63, 3.8) is 0 Å². The number of hydrogen-bond acceptors (Lipinski definition) is 5. The first-order valence-corrected chi connectivity index (χ1v) is 11.9. The van der Waals surface area contributed by atoms with Gasteiger partial charge in [0.1, 0.15) is 5.75 Å². The van der Waals surface area contributed by atoms with E-state index in [1.807, 2.05) is 79.7 Å². The third kappa shape index (κ3) is 5.74. The highest BCUT2D eigenvalue weighted by Gasteiger charge is 2.14. The number of amides is 1. The van der Waals surface area contributed by atoms with Crippen molar-refractivity contribution in [2.45, 2.75) is 18.6 Å². The molecule has 0 radical (unpaired) electrons. The second kappa shape index (κ2) is 11.0. The number of nitrogens with zero attached hydrogens (tertiary/aromatic N) is 3. The summed E-state index contributed by atoms with van der Waals surface area (Å²) in [6.07, 6.45) is 1.58. The highest BCUT2D eigenvalue weighted by atomic mass is 35.5. The topological polar surface area (TPSA) is 68.5 Å². The average Bonchev–Trinajstić information content (AvgIpc) is 3.18. The van der Waals surface area contributed by atoms with E-state index in [1.165, 1.54) is 11.8 Å². The fourth-order valence-electron chi connectivity index (χ4n) is 3.32. The number of aromatic nitrogens is 2. The predicted molar refractivity (Wildman–Crippen MR) is 134 cm³/mol. The number of hydrazone groups is 1. The molecule has 0 unspecified atom stereocenters. The van der Waals surface area contributed by atoms with Gasteiger partial charge < -0.3 is 9.30 Å². The van der Waals surface area contributed by atoms with E-state index in [9.17, 15) is 4.79 Å². The SMILES string of the molecule is CCOc1ccccc1/C=N\NC(=O)CSc1nc2ccccc2n1Cc1ccccc1Cl. The third-order valence-corrected chi connectivity index (χ3v) is 6.20. The molecule has 3 aromatic carbocycles. The number of carbonyl (C=O) groups excluding carboxylic acids is 1. The number of hydrogen-bond donors (Lipinski definition) is 1. The van der Waals surface area contributed by atoms with E-state index in [2.05, 4.69) is 15.1 Å². The lowest BCUT2D eigenvalue weighted by Gasteiger charge is -2.10. The lowest BCUT2D eigenvalue weighted by Crippen LogP contribution is -2.20. The van der Waals surface area contributed by atoms with Crippen LogP contribution in [0.3, 0.4) is 0 Å². The maximum Gasteiger partial charge on any atom is 0.250 e. The molecule has 4 aromatic rings. The second-order valence-corrected chi connectivity index (χ2v) is 8.46. The Bertz CT molecular complexity index is 1290. The number of para-hydroxylation sites is 3. The Morgan fingerprint density at radius 3 is 2.73 bits per heavy atom. The Balaban J connectivity index is 1.45. The number of rotatable bonds is 9. The van der Waals surface area contributed by atoms with Crippen LogP contribution in [0.15, 0.2) is 83.1 Å². The molecule has 6 nitrogen and oxygen atoms in total. The smallest absolute Gasteiger partial charge is 0.250 e. The quantitative estimate of drug-likeness (QED) is 0.199. The van der Waals surface area contributed by atoms with Crippen LogP contribution in [0.2, 0.25) is 5.02 Å². The van der Waals surface area contributed by atoms with Crippen LogP contribution >= 0.6 is 23.4 Å². The van der Waals surface area contributed by atoms with Gasteiger partial charge in [0, 0.05) is 10.6 Å². The van der Waals surface area contributed by atoms with Crippen LogP contribution in [0, 0.1) is 0 Å². The first-order valence-electron chi connectivity index (χ1n) is 10.5. The molecule has 1 aromatic heterocycles. The van der Waals surface area contributed by atoms with Crippen LogP contribution in [-0.2, 0) is 11.3 Å². The van der Waals surface area contributed by atoms with Crippen molar-refractivity contribution in [2.24, 2.45) is 5.10 Å². The van der Waals surface area contributed by atoms with Crippen molar-refractivity contribution in [3.8, 4) is 5.75 Å². The van der Waals surface area contributed by atoms with Gasteiger partial charge in [0.05, 0.1) is 36.2 Å². The molecular weight excluding hydrogens is 456 g/mol. The standard InChI is InChI=1S/C25H23ClN4O2S/c1-2-32-23-14-8-4-9-18(23)15-27-29-24(31)17-33-25-28-21-12-6-7-13-22(21)30(25)16-19-10-3-5-11-20(19)26/h3-15H,2,16-17H2,1H3,(H,29,31)/b27-15-. The lowest BCUT2D eigenvalue weighted by atomic mass is 10.2. The number of nitrogens with one attached hydrogen (secondary N) is 1. The Morgan fingerprint density at radius 1 is 1.12 bits per heavy atom. The largest absolute Gasteiger partial charge is 0.493 e. The minimum absolute atomic E-state index is 0.177. The van der Waals surface area contributed by atoms with Crippen LogP contribution in [0.4, 0.5) is 0 Å². The summed E-state index contributed by atoms with van der Waals surface area (Å²) in [6, 6.07) is 23.2. The molecule has 33 heavy (non-hydrogen) atoms. The summed E-state index contributed by atoms with van der Waals surface area (Å²) < 4.78 is 7.65. The molecular formula is C25H23ClN4O2S. The minimum Gasteiger partial charge on any atom is -0.493 e. The first-order chi connectivity index (χ1) is 16.2. The molecule has 0 aliphatic carbocycles. The van der Waals surface area contributed by atoms with E-state index in [1.54, 1.807) is 6.21 Å². The summed E-state index contributed by atoms with van der Waals surface area (Å²) in [5.41, 5.74) is 6.24. The molecule has 1 heterocycles. The predicted octanol–water partition coefficient (Wildman–Crippen LogP) is 5.38. The summed E-state index contributed by atoms with van der Waals surface area (Å²) in [4.78, 5) is 17.1. The van der Waals surface area contributed by atoms with E-state index in [4.69, 9.17) is 21.3 Å². The van der Waals surface area contributed by atoms with Gasteiger partial charge in [-0.15, -0.1) is 0 Å². The molecule has 0 saturated heterocycles. The number of ether oxygens (including phenoxy) is 1. The Hall–Kier alpha value is -3.29. The van der Waals surface area contributed by atoms with Gasteiger partial charge in [-0.05, 0) is 42.8 Å². The van der Waals surface area contributed by atoms with Gasteiger partial charge in [0.15, 0.2) is 5.16 Å². The summed E-state index contributed by atoms with van der Waals surface area (Å²) >= 11 is 7.74. The van der Waals surface area contributed by atoms with Gasteiger partial charge in [-0.3, -0.25) is 4.79 Å². The molecule has 0 atom stereocenters. The van der Waals surface area contributed by atoms with E-state index < -0.39 is 0 Å². The summed E-state index contributed by atoms with van der Waals surface area (Å²) in [5.74, 6) is 0.679. The Labute approximate surface area is 201 Å². The average molecular weight is 479 g/mol. The van der Waals surface area contributed by atoms with Crippen LogP contribution in [0.1, 0.15) is 18.1 Å². The van der Waals surface area contributed by atoms with Crippen LogP contribution < -0.4 is 10.2 Å². The number of fused-ring (bicyclic) bond motifs is 1. The number of imidazole rings is 1. The van der Waals surface area contributed by atoms with Crippen molar-refractivity contribution in [3.05, 3.63) is 88.9 Å². The fourth-order valence-corrected chi connectivity index (χ4v) is 4.33. The van der Waals surface area contributed by atoms with Crippen molar-refractivity contribution >= 4 is 46.5 Å². The zero-order valence-electron chi connectivity index (χ0n) is 18.1. The molecule has 4 rings (SSSR count). The molecule has 168 valence electrons. The van der Waals surface area contributed by atoms with Crippen molar-refractivity contribution < 1.29 is 9.53 Å². The molecule has 0 aliphatic heterocycles. The number of thioether (sulfide) groups is 1. The molecule has 8 heteroatoms. The first kappa shape index (κ1) is 22.9. The highest BCUT2D eigenvalue weighted by Crippen LogP contribution is 2.27. The van der Waals surface area contributed by atoms with Gasteiger partial charge in [-0.25, -0.2) is 10.4 Å². The van der Waals surface area contributed by atoms with Gasteiger partial charge >= 0.3 is 0 Å². The van der Waals surface area contributed by atoms with E-state index >= 15 is 0 Å². The molecule has 1 N–H and O–H groups in total. The van der Waals surface area contributed by atoms with Gasteiger partial charge in [-0.2, -0.15) is 5.10 Å². The summed E-state index contributed by atoms with van der Waals surface area (Å²) in [7, 11) is 0. The monoisotopic (exact) mass is 478 g/mol. The highest BCUT2D eigenvalue weighted by molar-refractivity contribution is 7.99. The molecule has 0 spiro atoms. The third-order valence-electron chi connectivity index (χ3n) is 4.85. The van der Waals surface area contributed by atoms with E-state index in [0.717, 1.165) is 33.1 Å². The van der Waals surface area contributed by atoms with Gasteiger partial charge in [0.2, 0.25) is 0 Å². The molecule has 0 aliphatic rings. The number of carbonyl (C=O) groups is 1. The maximum absolute atomic E-state index is 12.4. The van der Waals surface area contributed by atoms with Gasteiger partial charge in [-0.1, -0.05) is 65.8 Å². The molecule has 0 fully saturated rings. The van der Waals surface area contributed by atoms with Crippen LogP contribution in [-0.4, -0.2) is 34.0 Å². The van der Waals surface area contributed by atoms with E-state index in [-0.39, 0.29) is 11.7 Å². The fraction of sp³-hybridized carbons (Fsp3) is 0.160. The van der Waals surface area contributed by atoms with Crippen molar-refractivity contribution in [2.75, 3.05) is 12.4 Å². The zero-order chi connectivity index (χ0) is 23.0. The van der Waals surface area contributed by atoms with E-state index in [0.29, 0.717) is 18.2 Å². The number of benzene rings is 3. The second-order valence-electron chi connectivity index (χ2n) is 7.11. The minimum atomic E-state index is -0.221.